The van der Waals surface area contributed by atoms with Crippen LogP contribution in [0.1, 0.15) is 75.3 Å². The fourth-order valence-electron chi connectivity index (χ4n) is 3.50. The van der Waals surface area contributed by atoms with Gasteiger partial charge in [0.05, 0.1) is 23.0 Å². The van der Waals surface area contributed by atoms with Crippen molar-refractivity contribution in [3.63, 3.8) is 0 Å². The molecule has 190 valence electrons. The predicted octanol–water partition coefficient (Wildman–Crippen LogP) is 6.32. The highest BCUT2D eigenvalue weighted by Gasteiger charge is 2.15. The van der Waals surface area contributed by atoms with Gasteiger partial charge in [0.15, 0.2) is 0 Å². The van der Waals surface area contributed by atoms with E-state index < -0.39 is 20.2 Å². The summed E-state index contributed by atoms with van der Waals surface area (Å²) in [5, 5.41) is 0. The van der Waals surface area contributed by atoms with E-state index >= 15 is 0 Å². The molecule has 0 aliphatic heterocycles. The first-order valence-corrected chi connectivity index (χ1v) is 14.9. The van der Waals surface area contributed by atoms with Gasteiger partial charge in [0, 0.05) is 0 Å². The molecule has 0 saturated heterocycles. The standard InChI is InChI=1S/C26H38O6S2/c1-23-13-17-25(18-14-23)33(27,28)31-21-11-9-7-5-3-4-6-8-10-12-22-32-34(29,30)26-19-15-24(2)16-20-26/h13-20H,3-12,21-22H2,1-2H3. The molecule has 0 saturated carbocycles. The number of benzene rings is 2. The molecule has 0 aromatic heterocycles. The zero-order chi connectivity index (χ0) is 24.9. The van der Waals surface area contributed by atoms with Crippen LogP contribution in [0.15, 0.2) is 58.3 Å². The Morgan fingerprint density at radius 1 is 0.471 bits per heavy atom. The Morgan fingerprint density at radius 2 is 0.735 bits per heavy atom. The summed E-state index contributed by atoms with van der Waals surface area (Å²) in [6.07, 6.45) is 10.1. The van der Waals surface area contributed by atoms with Crippen molar-refractivity contribution in [3.05, 3.63) is 59.7 Å². The first-order chi connectivity index (χ1) is 16.2. The Kier molecular flexibility index (Phi) is 12.2. The molecule has 0 amide bonds. The molecule has 0 atom stereocenters. The van der Waals surface area contributed by atoms with E-state index in [9.17, 15) is 16.8 Å². The van der Waals surface area contributed by atoms with Gasteiger partial charge < -0.3 is 0 Å². The average molecular weight is 511 g/mol. The Bertz CT molecular complexity index is 956. The largest absolute Gasteiger partial charge is 0.296 e. The second-order valence-electron chi connectivity index (χ2n) is 8.71. The maximum atomic E-state index is 12.1. The van der Waals surface area contributed by atoms with Gasteiger partial charge in [-0.15, -0.1) is 0 Å². The maximum Gasteiger partial charge on any atom is 0.296 e. The third-order valence-electron chi connectivity index (χ3n) is 5.63. The Hall–Kier alpha value is -1.74. The predicted molar refractivity (Wildman–Crippen MR) is 135 cm³/mol. The first-order valence-electron chi connectivity index (χ1n) is 12.1. The molecule has 0 aliphatic rings. The van der Waals surface area contributed by atoms with E-state index in [0.29, 0.717) is 0 Å². The van der Waals surface area contributed by atoms with Crippen molar-refractivity contribution >= 4 is 20.2 Å². The fourth-order valence-corrected chi connectivity index (χ4v) is 5.39. The molecular weight excluding hydrogens is 472 g/mol. The van der Waals surface area contributed by atoms with Crippen molar-refractivity contribution in [3.8, 4) is 0 Å². The summed E-state index contributed by atoms with van der Waals surface area (Å²) in [5.41, 5.74) is 2.02. The normalized spacial score (nSPS) is 12.2. The van der Waals surface area contributed by atoms with E-state index in [-0.39, 0.29) is 23.0 Å². The van der Waals surface area contributed by atoms with Gasteiger partial charge in [0.2, 0.25) is 0 Å². The molecule has 2 aromatic rings. The summed E-state index contributed by atoms with van der Waals surface area (Å²) in [5.74, 6) is 0. The monoisotopic (exact) mass is 510 g/mol. The maximum absolute atomic E-state index is 12.1. The summed E-state index contributed by atoms with van der Waals surface area (Å²) in [6, 6.07) is 13.4. The lowest BCUT2D eigenvalue weighted by Gasteiger charge is -2.07. The van der Waals surface area contributed by atoms with Crippen LogP contribution in [0.3, 0.4) is 0 Å². The van der Waals surface area contributed by atoms with Crippen LogP contribution in [0.5, 0.6) is 0 Å². The van der Waals surface area contributed by atoms with Gasteiger partial charge in [-0.1, -0.05) is 86.8 Å². The SMILES string of the molecule is Cc1ccc(S(=O)(=O)OCCCCCCCCCCCCOS(=O)(=O)c2ccc(C)cc2)cc1. The van der Waals surface area contributed by atoms with Gasteiger partial charge in [-0.25, -0.2) is 0 Å². The fraction of sp³-hybridized carbons (Fsp3) is 0.538. The Balaban J connectivity index is 1.41. The second kappa shape index (κ2) is 14.6. The molecule has 2 aromatic carbocycles. The molecule has 0 N–H and O–H groups in total. The van der Waals surface area contributed by atoms with Crippen molar-refractivity contribution in [2.75, 3.05) is 13.2 Å². The third-order valence-corrected chi connectivity index (χ3v) is 8.29. The molecule has 2 rings (SSSR count). The number of hydrogen-bond donors (Lipinski definition) is 0. The van der Waals surface area contributed by atoms with Gasteiger partial charge in [0.1, 0.15) is 0 Å². The molecule has 8 heteroatoms. The van der Waals surface area contributed by atoms with E-state index in [0.717, 1.165) is 75.3 Å². The highest BCUT2D eigenvalue weighted by molar-refractivity contribution is 7.87. The lowest BCUT2D eigenvalue weighted by atomic mass is 10.1. The van der Waals surface area contributed by atoms with Crippen LogP contribution in [0.4, 0.5) is 0 Å². The van der Waals surface area contributed by atoms with E-state index in [2.05, 4.69) is 0 Å². The zero-order valence-electron chi connectivity index (χ0n) is 20.4. The van der Waals surface area contributed by atoms with Crippen LogP contribution in [0.2, 0.25) is 0 Å². The zero-order valence-corrected chi connectivity index (χ0v) is 22.0. The summed E-state index contributed by atoms with van der Waals surface area (Å²) < 4.78 is 58.7. The highest BCUT2D eigenvalue weighted by atomic mass is 32.2. The van der Waals surface area contributed by atoms with Gasteiger partial charge in [-0.2, -0.15) is 16.8 Å². The minimum Gasteiger partial charge on any atom is -0.266 e. The quantitative estimate of drug-likeness (QED) is 0.183. The summed E-state index contributed by atoms with van der Waals surface area (Å²) >= 11 is 0. The van der Waals surface area contributed by atoms with Gasteiger partial charge in [0.25, 0.3) is 20.2 Å². The van der Waals surface area contributed by atoms with Crippen LogP contribution in [-0.4, -0.2) is 30.0 Å². The minimum atomic E-state index is -3.66. The van der Waals surface area contributed by atoms with Crippen LogP contribution in [0.25, 0.3) is 0 Å². The van der Waals surface area contributed by atoms with Gasteiger partial charge >= 0.3 is 0 Å². The topological polar surface area (TPSA) is 86.7 Å². The molecule has 0 unspecified atom stereocenters. The van der Waals surface area contributed by atoms with Crippen LogP contribution in [0, 0.1) is 13.8 Å². The molecule has 0 radical (unpaired) electrons. The second-order valence-corrected chi connectivity index (χ2v) is 11.9. The number of rotatable bonds is 17. The van der Waals surface area contributed by atoms with Gasteiger partial charge in [-0.3, -0.25) is 8.37 Å². The summed E-state index contributed by atoms with van der Waals surface area (Å²) in [7, 11) is -7.32. The molecule has 0 fully saturated rings. The summed E-state index contributed by atoms with van der Waals surface area (Å²) in [4.78, 5) is 0.412. The van der Waals surface area contributed by atoms with Crippen LogP contribution >= 0.6 is 0 Å². The van der Waals surface area contributed by atoms with Crippen molar-refractivity contribution < 1.29 is 25.2 Å². The van der Waals surface area contributed by atoms with E-state index in [1.165, 1.54) is 0 Å². The third kappa shape index (κ3) is 10.7. The number of aryl methyl sites for hydroxylation is 2. The van der Waals surface area contributed by atoms with Crippen molar-refractivity contribution in [2.24, 2.45) is 0 Å². The number of unbranched alkanes of at least 4 members (excludes halogenated alkanes) is 9. The highest BCUT2D eigenvalue weighted by Crippen LogP contribution is 2.16. The smallest absolute Gasteiger partial charge is 0.266 e. The minimum absolute atomic E-state index is 0.206. The molecule has 0 bridgehead atoms. The Labute approximate surface area is 205 Å². The number of hydrogen-bond acceptors (Lipinski definition) is 6. The molecule has 0 heterocycles. The van der Waals surface area contributed by atoms with E-state index in [4.69, 9.17) is 8.37 Å². The van der Waals surface area contributed by atoms with Gasteiger partial charge in [-0.05, 0) is 51.0 Å². The van der Waals surface area contributed by atoms with Crippen LogP contribution in [-0.2, 0) is 28.6 Å². The molecule has 34 heavy (non-hydrogen) atoms. The van der Waals surface area contributed by atoms with E-state index in [1.807, 2.05) is 13.8 Å². The average Bonchev–Trinajstić information content (AvgIpc) is 2.80. The molecule has 0 aliphatic carbocycles. The summed E-state index contributed by atoms with van der Waals surface area (Å²) in [6.45, 7) is 4.26. The Morgan fingerprint density at radius 3 is 1.03 bits per heavy atom. The van der Waals surface area contributed by atoms with Crippen molar-refractivity contribution in [1.29, 1.82) is 0 Å². The van der Waals surface area contributed by atoms with Crippen LogP contribution < -0.4 is 0 Å². The lowest BCUT2D eigenvalue weighted by molar-refractivity contribution is 0.304. The van der Waals surface area contributed by atoms with Crippen molar-refractivity contribution in [2.45, 2.75) is 87.8 Å². The lowest BCUT2D eigenvalue weighted by Crippen LogP contribution is -2.07. The molecule has 6 nitrogen and oxygen atoms in total. The molecule has 0 spiro atoms. The first kappa shape index (κ1) is 28.5. The van der Waals surface area contributed by atoms with E-state index in [1.54, 1.807) is 48.5 Å². The van der Waals surface area contributed by atoms with Crippen molar-refractivity contribution in [1.82, 2.24) is 0 Å². The molecular formula is C26H38O6S2.